The summed E-state index contributed by atoms with van der Waals surface area (Å²) in [7, 11) is 0. The van der Waals surface area contributed by atoms with Crippen LogP contribution in [0.2, 0.25) is 0 Å². The van der Waals surface area contributed by atoms with E-state index in [4.69, 9.17) is 9.47 Å². The molecule has 2 aliphatic heterocycles. The van der Waals surface area contributed by atoms with Crippen molar-refractivity contribution in [1.82, 2.24) is 9.80 Å². The molecule has 2 atom stereocenters. The molecule has 0 unspecified atom stereocenters. The second-order valence-corrected chi connectivity index (χ2v) is 11.8. The Labute approximate surface area is 235 Å². The third kappa shape index (κ3) is 7.67. The third-order valence-corrected chi connectivity index (χ3v) is 8.57. The minimum Gasteiger partial charge on any atom is -0.410 e. The van der Waals surface area contributed by atoms with Crippen LogP contribution in [0.25, 0.3) is 0 Å². The van der Waals surface area contributed by atoms with Crippen molar-refractivity contribution in [1.29, 1.82) is 0 Å². The number of carbonyl (C=O) groups is 2. The Morgan fingerprint density at radius 2 is 1.44 bits per heavy atom. The van der Waals surface area contributed by atoms with E-state index in [-0.39, 0.29) is 24.0 Å². The lowest BCUT2D eigenvalue weighted by molar-refractivity contribution is 0.139. The van der Waals surface area contributed by atoms with Gasteiger partial charge in [-0.05, 0) is 102 Å². The number of piperidine rings is 2. The van der Waals surface area contributed by atoms with Crippen molar-refractivity contribution >= 4 is 12.2 Å². The number of allylic oxidation sites excluding steroid dienone is 3. The zero-order valence-electron chi connectivity index (χ0n) is 24.4. The molecular formula is C33H48N2O4. The predicted octanol–water partition coefficient (Wildman–Crippen LogP) is 8.40. The van der Waals surface area contributed by atoms with Crippen LogP contribution in [0.3, 0.4) is 0 Å². The fraction of sp³-hybridized carbons (Fsp3) is 0.636. The molecule has 1 aromatic carbocycles. The molecule has 214 valence electrons. The molecule has 0 saturated carbocycles. The number of carbonyl (C=O) groups excluding carboxylic acids is 2. The molecule has 0 spiro atoms. The molecule has 0 radical (unpaired) electrons. The summed E-state index contributed by atoms with van der Waals surface area (Å²) in [6.07, 6.45) is 14.0. The highest BCUT2D eigenvalue weighted by Crippen LogP contribution is 2.47. The highest BCUT2D eigenvalue weighted by Gasteiger charge is 2.34. The summed E-state index contributed by atoms with van der Waals surface area (Å²) in [5.74, 6) is 1.17. The molecule has 6 nitrogen and oxygen atoms in total. The average molecular weight is 537 g/mol. The number of amides is 2. The molecule has 0 N–H and O–H groups in total. The number of ether oxygens (including phenoxy) is 2. The SMILES string of the molecule is C=C(C)[C@@H]1CCC(C)=C[C@H]1c1c(OC(=O)N2CCCCC2)cc(CCCCC)cc1OC(=O)N1CCCCC1. The van der Waals surface area contributed by atoms with Gasteiger partial charge >= 0.3 is 12.2 Å². The summed E-state index contributed by atoms with van der Waals surface area (Å²) in [5, 5.41) is 0. The van der Waals surface area contributed by atoms with Crippen molar-refractivity contribution in [3.05, 3.63) is 47.1 Å². The van der Waals surface area contributed by atoms with Crippen LogP contribution in [0.1, 0.15) is 108 Å². The molecule has 2 amide bonds. The Morgan fingerprint density at radius 3 is 1.92 bits per heavy atom. The van der Waals surface area contributed by atoms with Gasteiger partial charge in [0.2, 0.25) is 0 Å². The molecule has 39 heavy (non-hydrogen) atoms. The van der Waals surface area contributed by atoms with Gasteiger partial charge in [-0.15, -0.1) is 0 Å². The number of hydrogen-bond donors (Lipinski definition) is 0. The molecule has 1 aromatic rings. The van der Waals surface area contributed by atoms with Crippen LogP contribution < -0.4 is 9.47 Å². The number of aryl methyl sites for hydroxylation is 1. The standard InChI is InChI=1S/C33H48N2O4/c1-5-6-9-14-26-22-29(38-32(36)34-17-10-7-11-18-34)31(28-21-25(4)15-16-27(28)24(2)3)30(23-26)39-33(37)35-19-12-8-13-20-35/h21-23,27-28H,2,5-20H2,1,3-4H3/t27-,28+/m0/s1. The Hall–Kier alpha value is -2.76. The molecule has 4 rings (SSSR count). The van der Waals surface area contributed by atoms with E-state index in [1.54, 1.807) is 0 Å². The zero-order valence-corrected chi connectivity index (χ0v) is 24.4. The number of rotatable bonds is 8. The molecule has 6 heteroatoms. The Bertz CT molecular complexity index is 997. The topological polar surface area (TPSA) is 59.1 Å². The number of nitrogens with zero attached hydrogens (tertiary/aromatic N) is 2. The van der Waals surface area contributed by atoms with E-state index in [0.29, 0.717) is 11.5 Å². The maximum Gasteiger partial charge on any atom is 0.415 e. The minimum atomic E-state index is -0.307. The smallest absolute Gasteiger partial charge is 0.410 e. The van der Waals surface area contributed by atoms with Crippen LogP contribution in [0.15, 0.2) is 35.9 Å². The predicted molar refractivity (Wildman–Crippen MR) is 157 cm³/mol. The van der Waals surface area contributed by atoms with Crippen molar-refractivity contribution in [2.24, 2.45) is 5.92 Å². The lowest BCUT2D eigenvalue weighted by Gasteiger charge is -2.34. The maximum absolute atomic E-state index is 13.4. The molecular weight excluding hydrogens is 488 g/mol. The van der Waals surface area contributed by atoms with Gasteiger partial charge in [0.25, 0.3) is 0 Å². The first-order chi connectivity index (χ1) is 18.9. The summed E-state index contributed by atoms with van der Waals surface area (Å²) in [6, 6.07) is 4.05. The van der Waals surface area contributed by atoms with Gasteiger partial charge in [-0.3, -0.25) is 0 Å². The van der Waals surface area contributed by atoms with Gasteiger partial charge in [-0.25, -0.2) is 9.59 Å². The first kappa shape index (κ1) is 29.2. The maximum atomic E-state index is 13.4. The van der Waals surface area contributed by atoms with Gasteiger partial charge in [-0.2, -0.15) is 0 Å². The Kier molecular flexibility index (Phi) is 10.5. The van der Waals surface area contributed by atoms with Crippen molar-refractivity contribution in [2.45, 2.75) is 104 Å². The molecule has 2 fully saturated rings. The largest absolute Gasteiger partial charge is 0.415 e. The third-order valence-electron chi connectivity index (χ3n) is 8.57. The Balaban J connectivity index is 1.78. The highest BCUT2D eigenvalue weighted by atomic mass is 16.6. The summed E-state index contributed by atoms with van der Waals surface area (Å²) in [4.78, 5) is 30.4. The van der Waals surface area contributed by atoms with Crippen molar-refractivity contribution < 1.29 is 19.1 Å². The summed E-state index contributed by atoms with van der Waals surface area (Å²) >= 11 is 0. The van der Waals surface area contributed by atoms with Crippen LogP contribution in [0.5, 0.6) is 11.5 Å². The molecule has 0 aromatic heterocycles. The van der Waals surface area contributed by atoms with E-state index in [9.17, 15) is 9.59 Å². The van der Waals surface area contributed by atoms with Gasteiger partial charge < -0.3 is 19.3 Å². The lowest BCUT2D eigenvalue weighted by atomic mass is 9.73. The summed E-state index contributed by atoms with van der Waals surface area (Å²) < 4.78 is 12.5. The number of hydrogen-bond acceptors (Lipinski definition) is 4. The number of unbranched alkanes of at least 4 members (excludes halogenated alkanes) is 2. The van der Waals surface area contributed by atoms with E-state index in [2.05, 4.69) is 33.4 Å². The zero-order chi connectivity index (χ0) is 27.8. The summed E-state index contributed by atoms with van der Waals surface area (Å²) in [5.41, 5.74) is 4.24. The fourth-order valence-electron chi connectivity index (χ4n) is 6.25. The van der Waals surface area contributed by atoms with Crippen LogP contribution >= 0.6 is 0 Å². The van der Waals surface area contributed by atoms with Gasteiger partial charge in [0.15, 0.2) is 0 Å². The minimum absolute atomic E-state index is 0.0748. The lowest BCUT2D eigenvalue weighted by Crippen LogP contribution is -2.38. The second-order valence-electron chi connectivity index (χ2n) is 11.8. The molecule has 2 heterocycles. The van der Waals surface area contributed by atoms with Gasteiger partial charge in [0.05, 0.1) is 0 Å². The molecule has 2 saturated heterocycles. The second kappa shape index (κ2) is 14.0. The molecule has 3 aliphatic rings. The number of likely N-dealkylation sites (tertiary alicyclic amines) is 2. The Morgan fingerprint density at radius 1 is 0.897 bits per heavy atom. The normalized spacial score (nSPS) is 21.8. The van der Waals surface area contributed by atoms with E-state index < -0.39 is 0 Å². The quantitative estimate of drug-likeness (QED) is 0.247. The van der Waals surface area contributed by atoms with Crippen LogP contribution in [-0.2, 0) is 6.42 Å². The van der Waals surface area contributed by atoms with E-state index in [0.717, 1.165) is 120 Å². The summed E-state index contributed by atoms with van der Waals surface area (Å²) in [6.45, 7) is 13.6. The van der Waals surface area contributed by atoms with Crippen LogP contribution in [-0.4, -0.2) is 48.2 Å². The van der Waals surface area contributed by atoms with Crippen LogP contribution in [0, 0.1) is 5.92 Å². The molecule has 0 bridgehead atoms. The van der Waals surface area contributed by atoms with Gasteiger partial charge in [0, 0.05) is 37.7 Å². The fourth-order valence-corrected chi connectivity index (χ4v) is 6.25. The van der Waals surface area contributed by atoms with E-state index in [1.807, 2.05) is 21.9 Å². The van der Waals surface area contributed by atoms with Gasteiger partial charge in [0.1, 0.15) is 11.5 Å². The monoisotopic (exact) mass is 536 g/mol. The average Bonchev–Trinajstić information content (AvgIpc) is 2.94. The van der Waals surface area contributed by atoms with E-state index >= 15 is 0 Å². The van der Waals surface area contributed by atoms with Gasteiger partial charge in [-0.1, -0.05) is 43.6 Å². The highest BCUT2D eigenvalue weighted by molar-refractivity contribution is 5.75. The van der Waals surface area contributed by atoms with Crippen LogP contribution in [0.4, 0.5) is 9.59 Å². The van der Waals surface area contributed by atoms with Crippen molar-refractivity contribution in [3.63, 3.8) is 0 Å². The number of benzene rings is 1. The van der Waals surface area contributed by atoms with Crippen molar-refractivity contribution in [2.75, 3.05) is 26.2 Å². The molecule has 1 aliphatic carbocycles. The van der Waals surface area contributed by atoms with E-state index in [1.165, 1.54) is 5.57 Å². The first-order valence-electron chi connectivity index (χ1n) is 15.3. The van der Waals surface area contributed by atoms with Crippen molar-refractivity contribution in [3.8, 4) is 11.5 Å². The first-order valence-corrected chi connectivity index (χ1v) is 15.3.